The molecule has 0 spiro atoms. The maximum Gasteiger partial charge on any atom is 0.182 e. The van der Waals surface area contributed by atoms with Crippen LogP contribution in [0.5, 0.6) is 5.75 Å². The lowest BCUT2D eigenvalue weighted by Gasteiger charge is -2.07. The first-order chi connectivity index (χ1) is 13.3. The minimum atomic E-state index is 0.426. The van der Waals surface area contributed by atoms with Crippen molar-refractivity contribution in [2.75, 3.05) is 0 Å². The Kier molecular flexibility index (Phi) is 3.72. The molecule has 0 radical (unpaired) electrons. The van der Waals surface area contributed by atoms with Crippen LogP contribution in [0, 0.1) is 0 Å². The molecular weight excluding hydrogens is 364 g/mol. The summed E-state index contributed by atoms with van der Waals surface area (Å²) in [6.45, 7) is 0.426. The van der Waals surface area contributed by atoms with E-state index in [1.807, 2.05) is 42.5 Å². The fourth-order valence-electron chi connectivity index (χ4n) is 2.89. The Balaban J connectivity index is 1.45. The Morgan fingerprint density at radius 1 is 1.11 bits per heavy atom. The Bertz CT molecular complexity index is 1260. The van der Waals surface area contributed by atoms with E-state index in [2.05, 4.69) is 25.3 Å². The van der Waals surface area contributed by atoms with E-state index >= 15 is 0 Å². The molecule has 0 aliphatic rings. The molecule has 2 aromatic carbocycles. The van der Waals surface area contributed by atoms with Gasteiger partial charge in [0, 0.05) is 10.6 Å². The maximum absolute atomic E-state index is 5.99. The standard InChI is InChI=1S/C19H13ClN6O/c20-14-5-2-6-15(8-14)27-10-12-3-1-4-13(7-12)17-23-19-16-9-22-24-18(16)21-11-26(19)25-17/h1-9,11H,10H2,(H,22,24). The zero-order chi connectivity index (χ0) is 18.2. The van der Waals surface area contributed by atoms with Gasteiger partial charge in [0.05, 0.1) is 11.6 Å². The zero-order valence-corrected chi connectivity index (χ0v) is 14.8. The second kappa shape index (κ2) is 6.37. The van der Waals surface area contributed by atoms with Crippen molar-refractivity contribution in [3.8, 4) is 17.1 Å². The van der Waals surface area contributed by atoms with E-state index in [1.165, 1.54) is 0 Å². The summed E-state index contributed by atoms with van der Waals surface area (Å²) in [4.78, 5) is 8.92. The molecule has 0 aliphatic heterocycles. The third-order valence-electron chi connectivity index (χ3n) is 4.17. The second-order valence-corrected chi connectivity index (χ2v) is 6.46. The highest BCUT2D eigenvalue weighted by molar-refractivity contribution is 6.30. The smallest absolute Gasteiger partial charge is 0.182 e. The molecule has 0 amide bonds. The number of H-pyrrole nitrogens is 1. The number of rotatable bonds is 4. The quantitative estimate of drug-likeness (QED) is 0.514. The normalized spacial score (nSPS) is 11.3. The van der Waals surface area contributed by atoms with Crippen LogP contribution < -0.4 is 4.74 Å². The Hall–Kier alpha value is -3.45. The van der Waals surface area contributed by atoms with Gasteiger partial charge in [-0.2, -0.15) is 5.10 Å². The molecular formula is C19H13ClN6O. The van der Waals surface area contributed by atoms with Gasteiger partial charge >= 0.3 is 0 Å². The lowest BCUT2D eigenvalue weighted by Crippen LogP contribution is -1.96. The molecule has 3 aromatic heterocycles. The fourth-order valence-corrected chi connectivity index (χ4v) is 3.07. The highest BCUT2D eigenvalue weighted by Gasteiger charge is 2.11. The number of aromatic nitrogens is 6. The van der Waals surface area contributed by atoms with E-state index in [-0.39, 0.29) is 0 Å². The van der Waals surface area contributed by atoms with Crippen molar-refractivity contribution in [3.05, 3.63) is 71.6 Å². The van der Waals surface area contributed by atoms with E-state index in [4.69, 9.17) is 16.3 Å². The minimum Gasteiger partial charge on any atom is -0.489 e. The van der Waals surface area contributed by atoms with E-state index in [0.29, 0.717) is 28.7 Å². The van der Waals surface area contributed by atoms with Crippen molar-refractivity contribution in [1.29, 1.82) is 0 Å². The van der Waals surface area contributed by atoms with Gasteiger partial charge in [-0.25, -0.2) is 14.5 Å². The molecule has 0 bridgehead atoms. The molecule has 7 nitrogen and oxygen atoms in total. The van der Waals surface area contributed by atoms with E-state index in [0.717, 1.165) is 22.3 Å². The molecule has 3 heterocycles. The molecule has 0 saturated carbocycles. The maximum atomic E-state index is 5.99. The predicted molar refractivity (Wildman–Crippen MR) is 102 cm³/mol. The summed E-state index contributed by atoms with van der Waals surface area (Å²) >= 11 is 5.99. The van der Waals surface area contributed by atoms with Gasteiger partial charge in [-0.05, 0) is 29.8 Å². The molecule has 0 aliphatic carbocycles. The lowest BCUT2D eigenvalue weighted by molar-refractivity contribution is 0.306. The number of hydrogen-bond acceptors (Lipinski definition) is 5. The summed E-state index contributed by atoms with van der Waals surface area (Å²) < 4.78 is 7.47. The van der Waals surface area contributed by atoms with Gasteiger partial charge in [-0.15, -0.1) is 5.10 Å². The summed E-state index contributed by atoms with van der Waals surface area (Å²) in [7, 11) is 0. The van der Waals surface area contributed by atoms with Crippen LogP contribution in [-0.2, 0) is 6.61 Å². The number of halogens is 1. The molecule has 27 heavy (non-hydrogen) atoms. The van der Waals surface area contributed by atoms with E-state index in [9.17, 15) is 0 Å². The molecule has 0 atom stereocenters. The SMILES string of the molecule is Clc1cccc(OCc2cccc(-c3nc4c5cn[nH]c5ncn4n3)c2)c1. The first-order valence-electron chi connectivity index (χ1n) is 8.28. The van der Waals surface area contributed by atoms with Crippen molar-refractivity contribution in [2.45, 2.75) is 6.61 Å². The summed E-state index contributed by atoms with van der Waals surface area (Å²) in [5, 5.41) is 12.9. The van der Waals surface area contributed by atoms with Gasteiger partial charge in [0.15, 0.2) is 17.1 Å². The minimum absolute atomic E-state index is 0.426. The Morgan fingerprint density at radius 2 is 2.04 bits per heavy atom. The number of aromatic amines is 1. The van der Waals surface area contributed by atoms with Gasteiger partial charge in [-0.3, -0.25) is 5.10 Å². The second-order valence-electron chi connectivity index (χ2n) is 6.03. The average molecular weight is 377 g/mol. The van der Waals surface area contributed by atoms with Crippen LogP contribution in [0.15, 0.2) is 61.1 Å². The summed E-state index contributed by atoms with van der Waals surface area (Å²) in [6.07, 6.45) is 3.32. The van der Waals surface area contributed by atoms with Crippen molar-refractivity contribution >= 4 is 28.3 Å². The van der Waals surface area contributed by atoms with E-state index in [1.54, 1.807) is 23.1 Å². The van der Waals surface area contributed by atoms with Crippen molar-refractivity contribution < 1.29 is 4.74 Å². The van der Waals surface area contributed by atoms with Crippen molar-refractivity contribution in [2.24, 2.45) is 0 Å². The molecule has 0 fully saturated rings. The third kappa shape index (κ3) is 2.98. The van der Waals surface area contributed by atoms with Crippen molar-refractivity contribution in [1.82, 2.24) is 29.8 Å². The van der Waals surface area contributed by atoms with Gasteiger partial charge in [0.2, 0.25) is 0 Å². The highest BCUT2D eigenvalue weighted by Crippen LogP contribution is 2.22. The van der Waals surface area contributed by atoms with Crippen LogP contribution in [-0.4, -0.2) is 29.8 Å². The summed E-state index contributed by atoms with van der Waals surface area (Å²) in [6, 6.07) is 15.3. The molecule has 0 unspecified atom stereocenters. The first kappa shape index (κ1) is 15.8. The monoisotopic (exact) mass is 376 g/mol. The van der Waals surface area contributed by atoms with Crippen LogP contribution in [0.4, 0.5) is 0 Å². The number of nitrogens with zero attached hydrogens (tertiary/aromatic N) is 5. The van der Waals surface area contributed by atoms with Crippen molar-refractivity contribution in [3.63, 3.8) is 0 Å². The predicted octanol–water partition coefficient (Wildman–Crippen LogP) is 3.90. The van der Waals surface area contributed by atoms with Crippen LogP contribution in [0.2, 0.25) is 5.02 Å². The molecule has 0 saturated heterocycles. The largest absolute Gasteiger partial charge is 0.489 e. The van der Waals surface area contributed by atoms with Crippen LogP contribution in [0.3, 0.4) is 0 Å². The Morgan fingerprint density at radius 3 is 2.96 bits per heavy atom. The van der Waals surface area contributed by atoms with Gasteiger partial charge < -0.3 is 4.74 Å². The fraction of sp³-hybridized carbons (Fsp3) is 0.0526. The molecule has 5 rings (SSSR count). The van der Waals surface area contributed by atoms with Crippen LogP contribution in [0.25, 0.3) is 28.1 Å². The van der Waals surface area contributed by atoms with Gasteiger partial charge in [0.25, 0.3) is 0 Å². The van der Waals surface area contributed by atoms with Crippen LogP contribution in [0.1, 0.15) is 5.56 Å². The van der Waals surface area contributed by atoms with Gasteiger partial charge in [-0.1, -0.05) is 35.9 Å². The first-order valence-corrected chi connectivity index (χ1v) is 8.66. The third-order valence-corrected chi connectivity index (χ3v) is 4.41. The lowest BCUT2D eigenvalue weighted by atomic mass is 10.1. The average Bonchev–Trinajstić information content (AvgIpc) is 3.33. The summed E-state index contributed by atoms with van der Waals surface area (Å²) in [5.74, 6) is 1.35. The van der Waals surface area contributed by atoms with Gasteiger partial charge in [0.1, 0.15) is 18.7 Å². The number of fused-ring (bicyclic) bond motifs is 3. The number of nitrogens with one attached hydrogen (secondary N) is 1. The number of ether oxygens (including phenoxy) is 1. The molecule has 5 aromatic rings. The van der Waals surface area contributed by atoms with E-state index < -0.39 is 0 Å². The Labute approximate surface area is 158 Å². The number of benzene rings is 2. The number of hydrogen-bond donors (Lipinski definition) is 1. The van der Waals surface area contributed by atoms with Crippen LogP contribution >= 0.6 is 11.6 Å². The topological polar surface area (TPSA) is 81.0 Å². The zero-order valence-electron chi connectivity index (χ0n) is 14.0. The molecule has 8 heteroatoms. The summed E-state index contributed by atoms with van der Waals surface area (Å²) in [5.41, 5.74) is 3.31. The molecule has 132 valence electrons. The molecule has 1 N–H and O–H groups in total. The highest BCUT2D eigenvalue weighted by atomic mass is 35.5.